The van der Waals surface area contributed by atoms with Crippen molar-refractivity contribution in [1.82, 2.24) is 29.8 Å². The summed E-state index contributed by atoms with van der Waals surface area (Å²) in [4.78, 5) is 66.0. The molecule has 8 rings (SSSR count). The van der Waals surface area contributed by atoms with Crippen LogP contribution in [-0.4, -0.2) is 139 Å². The second-order valence-corrected chi connectivity index (χ2v) is 17.0. The lowest BCUT2D eigenvalue weighted by molar-refractivity contribution is -0.145. The number of piperazine rings is 1. The van der Waals surface area contributed by atoms with E-state index in [9.17, 15) is 32.0 Å². The molecule has 2 aromatic carbocycles. The third-order valence-corrected chi connectivity index (χ3v) is 12.8. The summed E-state index contributed by atoms with van der Waals surface area (Å²) in [5.41, 5.74) is 0.414. The summed E-state index contributed by atoms with van der Waals surface area (Å²) < 4.78 is 37.6. The van der Waals surface area contributed by atoms with E-state index in [1.165, 1.54) is 30.5 Å². The van der Waals surface area contributed by atoms with E-state index in [4.69, 9.17) is 0 Å². The van der Waals surface area contributed by atoms with Crippen molar-refractivity contribution in [3.8, 4) is 0 Å². The molecule has 0 radical (unpaired) electrons. The SMILES string of the molecule is CS(=O)(=O)c1ccc(CN2CCN3C[C@@H]2C(=O)N2CCC(CC2)N2CCC[C@H]2C(=O)NC2(CCN(C(=O)c4ccc(F)cc4)CC2)CC3=O)cc1. The normalized spacial score (nSPS) is 25.5. The number of carbonyl (C=O) groups is 4. The minimum Gasteiger partial charge on any atom is -0.349 e. The summed E-state index contributed by atoms with van der Waals surface area (Å²) in [5.74, 6) is -0.850. The van der Waals surface area contributed by atoms with Crippen LogP contribution < -0.4 is 5.32 Å². The maximum absolute atomic E-state index is 14.3. The van der Waals surface area contributed by atoms with E-state index in [1.807, 2.05) is 4.90 Å². The topological polar surface area (TPSA) is 131 Å². The van der Waals surface area contributed by atoms with Crippen molar-refractivity contribution in [1.29, 1.82) is 0 Å². The highest BCUT2D eigenvalue weighted by Crippen LogP contribution is 2.33. The van der Waals surface area contributed by atoms with Crippen LogP contribution in [0.25, 0.3) is 0 Å². The third kappa shape index (κ3) is 7.54. The number of nitrogens with one attached hydrogen (secondary N) is 1. The smallest absolute Gasteiger partial charge is 0.253 e. The first-order valence-corrected chi connectivity index (χ1v) is 20.0. The van der Waals surface area contributed by atoms with Gasteiger partial charge in [0.25, 0.3) is 5.91 Å². The lowest BCUT2D eigenvalue weighted by Gasteiger charge is -2.45. The fourth-order valence-corrected chi connectivity index (χ4v) is 9.32. The number of piperidine rings is 2. The lowest BCUT2D eigenvalue weighted by Crippen LogP contribution is -2.63. The molecule has 0 saturated carbocycles. The third-order valence-electron chi connectivity index (χ3n) is 11.7. The Kier molecular flexibility index (Phi) is 9.94. The molecule has 6 saturated heterocycles. The summed E-state index contributed by atoms with van der Waals surface area (Å²) >= 11 is 0. The highest BCUT2D eigenvalue weighted by Gasteiger charge is 2.46. The van der Waals surface area contributed by atoms with Crippen LogP contribution in [0.2, 0.25) is 0 Å². The molecule has 1 N–H and O–H groups in total. The average molecular weight is 723 g/mol. The number of hydrogen-bond donors (Lipinski definition) is 1. The zero-order chi connectivity index (χ0) is 35.9. The Balaban J connectivity index is 1.14. The van der Waals surface area contributed by atoms with Crippen molar-refractivity contribution in [2.45, 2.75) is 80.1 Å². The van der Waals surface area contributed by atoms with Crippen LogP contribution in [0.3, 0.4) is 0 Å². The number of benzene rings is 2. The minimum absolute atomic E-state index is 0.0110. The summed E-state index contributed by atoms with van der Waals surface area (Å²) in [7, 11) is -3.34. The molecule has 0 aliphatic carbocycles. The molecule has 274 valence electrons. The van der Waals surface area contributed by atoms with Gasteiger partial charge in [-0.15, -0.1) is 0 Å². The van der Waals surface area contributed by atoms with Gasteiger partial charge in [0.2, 0.25) is 17.7 Å². The molecule has 14 heteroatoms. The lowest BCUT2D eigenvalue weighted by atomic mass is 9.83. The number of carbonyl (C=O) groups excluding carboxylic acids is 4. The maximum atomic E-state index is 14.3. The predicted octanol–water partition coefficient (Wildman–Crippen LogP) is 1.89. The largest absolute Gasteiger partial charge is 0.349 e. The van der Waals surface area contributed by atoms with Gasteiger partial charge in [0, 0.05) is 70.2 Å². The molecule has 12 nitrogen and oxygen atoms in total. The standard InChI is InChI=1S/C37H47FN6O6S/c1-51(49,50)30-10-4-26(5-11-30)24-42-21-22-43-25-32(42)36(48)40-17-12-29(13-18-40)44-16-2-3-31(44)34(46)39-37(23-33(43)45)14-19-41(20-15-37)35(47)27-6-8-28(38)9-7-27/h4-11,29,31-32H,2-3,12-25H2,1H3,(H,39,46)/t31-,32+/m0/s1. The summed E-state index contributed by atoms with van der Waals surface area (Å²) in [6.07, 6.45) is 5.20. The van der Waals surface area contributed by atoms with Crippen LogP contribution >= 0.6 is 0 Å². The molecule has 6 fully saturated rings. The van der Waals surface area contributed by atoms with Crippen molar-refractivity contribution in [2.24, 2.45) is 0 Å². The van der Waals surface area contributed by atoms with Crippen LogP contribution in [0.5, 0.6) is 0 Å². The van der Waals surface area contributed by atoms with Gasteiger partial charge < -0.3 is 20.0 Å². The van der Waals surface area contributed by atoms with E-state index in [2.05, 4.69) is 15.1 Å². The van der Waals surface area contributed by atoms with E-state index in [-0.39, 0.29) is 53.6 Å². The van der Waals surface area contributed by atoms with E-state index < -0.39 is 27.2 Å². The number of nitrogens with zero attached hydrogens (tertiary/aromatic N) is 5. The fraction of sp³-hybridized carbons (Fsp3) is 0.568. The molecule has 51 heavy (non-hydrogen) atoms. The highest BCUT2D eigenvalue weighted by atomic mass is 32.2. The predicted molar refractivity (Wildman–Crippen MR) is 187 cm³/mol. The second kappa shape index (κ2) is 14.3. The Hall–Kier alpha value is -3.88. The molecule has 1 spiro atoms. The van der Waals surface area contributed by atoms with Gasteiger partial charge in [0.15, 0.2) is 9.84 Å². The average Bonchev–Trinajstić information content (AvgIpc) is 3.62. The molecule has 0 aromatic heterocycles. The minimum atomic E-state index is -3.34. The second-order valence-electron chi connectivity index (χ2n) is 14.9. The number of hydrogen-bond acceptors (Lipinski definition) is 8. The molecule has 2 aromatic rings. The van der Waals surface area contributed by atoms with Crippen LogP contribution in [0.1, 0.15) is 60.9 Å². The van der Waals surface area contributed by atoms with Gasteiger partial charge in [0.1, 0.15) is 11.9 Å². The fourth-order valence-electron chi connectivity index (χ4n) is 8.69. The number of fused-ring (bicyclic) bond motifs is 4. The van der Waals surface area contributed by atoms with Crippen LogP contribution in [0, 0.1) is 5.82 Å². The Labute approximate surface area is 298 Å². The van der Waals surface area contributed by atoms with Crippen molar-refractivity contribution in [3.05, 3.63) is 65.5 Å². The van der Waals surface area contributed by atoms with Crippen LogP contribution in [-0.2, 0) is 30.8 Å². The number of rotatable bonds is 4. The molecule has 0 unspecified atom stereocenters. The first-order chi connectivity index (χ1) is 24.4. The molecular weight excluding hydrogens is 676 g/mol. The number of amides is 4. The van der Waals surface area contributed by atoms with Gasteiger partial charge in [0.05, 0.1) is 22.9 Å². The van der Waals surface area contributed by atoms with Crippen LogP contribution in [0.4, 0.5) is 4.39 Å². The first-order valence-electron chi connectivity index (χ1n) is 18.1. The quantitative estimate of drug-likeness (QED) is 0.507. The molecular formula is C37H47FN6O6S. The van der Waals surface area contributed by atoms with Gasteiger partial charge >= 0.3 is 0 Å². The zero-order valence-electron chi connectivity index (χ0n) is 29.1. The number of likely N-dealkylation sites (tertiary alicyclic amines) is 1. The summed E-state index contributed by atoms with van der Waals surface area (Å²) in [6.45, 7) is 4.16. The highest BCUT2D eigenvalue weighted by molar-refractivity contribution is 7.90. The Morgan fingerprint density at radius 3 is 2.20 bits per heavy atom. The Morgan fingerprint density at radius 1 is 0.843 bits per heavy atom. The van der Waals surface area contributed by atoms with E-state index in [0.29, 0.717) is 64.2 Å². The molecule has 2 atom stereocenters. The van der Waals surface area contributed by atoms with Crippen molar-refractivity contribution >= 4 is 33.5 Å². The van der Waals surface area contributed by atoms with Crippen molar-refractivity contribution < 1.29 is 32.0 Å². The first kappa shape index (κ1) is 35.5. The van der Waals surface area contributed by atoms with Crippen LogP contribution in [0.15, 0.2) is 53.4 Å². The van der Waals surface area contributed by atoms with Gasteiger partial charge in [-0.2, -0.15) is 0 Å². The molecule has 6 heterocycles. The summed E-state index contributed by atoms with van der Waals surface area (Å²) in [5, 5.41) is 3.36. The summed E-state index contributed by atoms with van der Waals surface area (Å²) in [6, 6.07) is 11.5. The number of halogens is 1. The van der Waals surface area contributed by atoms with Gasteiger partial charge in [-0.3, -0.25) is 29.0 Å². The molecule has 6 aliphatic heterocycles. The Bertz CT molecular complexity index is 1760. The van der Waals surface area contributed by atoms with Crippen molar-refractivity contribution in [2.75, 3.05) is 58.6 Å². The van der Waals surface area contributed by atoms with E-state index >= 15 is 0 Å². The zero-order valence-corrected chi connectivity index (χ0v) is 30.0. The van der Waals surface area contributed by atoms with Gasteiger partial charge in [-0.25, -0.2) is 12.8 Å². The maximum Gasteiger partial charge on any atom is 0.253 e. The molecule has 4 amide bonds. The van der Waals surface area contributed by atoms with E-state index in [1.54, 1.807) is 34.1 Å². The van der Waals surface area contributed by atoms with Crippen molar-refractivity contribution in [3.63, 3.8) is 0 Å². The molecule has 6 aliphatic rings. The molecule has 4 bridgehead atoms. The number of sulfone groups is 1. The van der Waals surface area contributed by atoms with E-state index in [0.717, 1.165) is 37.8 Å². The monoisotopic (exact) mass is 722 g/mol. The van der Waals surface area contributed by atoms with Gasteiger partial charge in [-0.05, 0) is 87.0 Å². The van der Waals surface area contributed by atoms with Gasteiger partial charge in [-0.1, -0.05) is 12.1 Å². The Morgan fingerprint density at radius 2 is 1.53 bits per heavy atom.